The van der Waals surface area contributed by atoms with Crippen molar-refractivity contribution >= 4 is 21.4 Å². The van der Waals surface area contributed by atoms with Gasteiger partial charge in [-0.15, -0.1) is 11.3 Å². The maximum atomic E-state index is 12.3. The van der Waals surface area contributed by atoms with E-state index in [4.69, 9.17) is 0 Å². The van der Waals surface area contributed by atoms with Crippen molar-refractivity contribution in [2.45, 2.75) is 44.2 Å². The molecule has 6 heteroatoms. The lowest BCUT2D eigenvalue weighted by Crippen LogP contribution is -2.30. The molecular weight excluding hydrogens is 280 g/mol. The lowest BCUT2D eigenvalue weighted by atomic mass is 10.2. The molecular formula is C13H22N2O2S2. The lowest BCUT2D eigenvalue weighted by molar-refractivity contribution is 0.417. The van der Waals surface area contributed by atoms with E-state index in [0.29, 0.717) is 23.4 Å². The van der Waals surface area contributed by atoms with Gasteiger partial charge in [0.25, 0.3) is 0 Å². The quantitative estimate of drug-likeness (QED) is 0.840. The van der Waals surface area contributed by atoms with Crippen LogP contribution in [0.15, 0.2) is 16.3 Å². The second kappa shape index (κ2) is 5.91. The summed E-state index contributed by atoms with van der Waals surface area (Å²) in [6, 6.07) is 2.44. The van der Waals surface area contributed by atoms with Crippen molar-refractivity contribution in [3.63, 3.8) is 0 Å². The van der Waals surface area contributed by atoms with Gasteiger partial charge in [-0.3, -0.25) is 0 Å². The number of hydrogen-bond acceptors (Lipinski definition) is 4. The first-order valence-corrected chi connectivity index (χ1v) is 8.98. The number of nitrogens with one attached hydrogen (secondary N) is 1. The average Bonchev–Trinajstić information content (AvgIpc) is 3.02. The van der Waals surface area contributed by atoms with Crippen LogP contribution in [0.3, 0.4) is 0 Å². The summed E-state index contributed by atoms with van der Waals surface area (Å²) in [6.45, 7) is 5.36. The molecule has 2 rings (SSSR count). The fourth-order valence-electron chi connectivity index (χ4n) is 1.91. The van der Waals surface area contributed by atoms with Gasteiger partial charge in [0.1, 0.15) is 0 Å². The Labute approximate surface area is 119 Å². The Bertz CT molecular complexity index is 519. The monoisotopic (exact) mass is 302 g/mol. The Morgan fingerprint density at radius 3 is 2.74 bits per heavy atom. The van der Waals surface area contributed by atoms with Crippen LogP contribution in [-0.4, -0.2) is 32.4 Å². The maximum Gasteiger partial charge on any atom is 0.243 e. The Balaban J connectivity index is 2.02. The summed E-state index contributed by atoms with van der Waals surface area (Å²) in [5.41, 5.74) is 0. The summed E-state index contributed by atoms with van der Waals surface area (Å²) in [4.78, 5) is 1.51. The summed E-state index contributed by atoms with van der Waals surface area (Å²) in [5.74, 6) is 0.328. The first-order valence-electron chi connectivity index (χ1n) is 6.66. The molecule has 1 aliphatic carbocycles. The standard InChI is InChI=1S/C13H22N2O2S2/c1-10(2)8-15(3)19(16,17)13-6-12(18-9-13)7-14-11-4-5-11/h6,9-11,14H,4-5,7-8H2,1-3H3. The Morgan fingerprint density at radius 2 is 2.16 bits per heavy atom. The minimum absolute atomic E-state index is 0.328. The molecule has 1 aliphatic rings. The molecule has 0 aromatic carbocycles. The molecule has 0 unspecified atom stereocenters. The van der Waals surface area contributed by atoms with Gasteiger partial charge in [-0.1, -0.05) is 13.8 Å². The molecule has 0 amide bonds. The normalized spacial score (nSPS) is 16.5. The van der Waals surface area contributed by atoms with Gasteiger partial charge in [0.2, 0.25) is 10.0 Å². The molecule has 1 N–H and O–H groups in total. The highest BCUT2D eigenvalue weighted by molar-refractivity contribution is 7.89. The molecule has 19 heavy (non-hydrogen) atoms. The molecule has 1 aromatic heterocycles. The van der Waals surface area contributed by atoms with Crippen molar-refractivity contribution in [1.82, 2.24) is 9.62 Å². The van der Waals surface area contributed by atoms with E-state index in [-0.39, 0.29) is 0 Å². The fraction of sp³-hybridized carbons (Fsp3) is 0.692. The van der Waals surface area contributed by atoms with Crippen molar-refractivity contribution in [1.29, 1.82) is 0 Å². The largest absolute Gasteiger partial charge is 0.309 e. The number of rotatable bonds is 7. The van der Waals surface area contributed by atoms with Gasteiger partial charge >= 0.3 is 0 Å². The molecule has 0 atom stereocenters. The third-order valence-electron chi connectivity index (χ3n) is 3.10. The highest BCUT2D eigenvalue weighted by Crippen LogP contribution is 2.24. The van der Waals surface area contributed by atoms with Crippen LogP contribution in [0.2, 0.25) is 0 Å². The van der Waals surface area contributed by atoms with E-state index in [1.54, 1.807) is 18.5 Å². The van der Waals surface area contributed by atoms with Crippen molar-refractivity contribution < 1.29 is 8.42 Å². The zero-order valence-electron chi connectivity index (χ0n) is 11.7. The first-order chi connectivity index (χ1) is 8.89. The Kier molecular flexibility index (Phi) is 4.66. The number of sulfonamides is 1. The van der Waals surface area contributed by atoms with Gasteiger partial charge in [0.15, 0.2) is 0 Å². The summed E-state index contributed by atoms with van der Waals surface area (Å²) < 4.78 is 26.1. The van der Waals surface area contributed by atoms with Gasteiger partial charge < -0.3 is 5.32 Å². The number of nitrogens with zero attached hydrogens (tertiary/aromatic N) is 1. The highest BCUT2D eigenvalue weighted by Gasteiger charge is 2.24. The topological polar surface area (TPSA) is 49.4 Å². The average molecular weight is 302 g/mol. The van der Waals surface area contributed by atoms with Crippen LogP contribution in [0.5, 0.6) is 0 Å². The predicted octanol–water partition coefficient (Wildman–Crippen LogP) is 2.28. The summed E-state index contributed by atoms with van der Waals surface area (Å²) >= 11 is 1.51. The van der Waals surface area contributed by atoms with Crippen molar-refractivity contribution in [3.05, 3.63) is 16.3 Å². The van der Waals surface area contributed by atoms with E-state index in [1.165, 1.54) is 28.5 Å². The molecule has 0 spiro atoms. The Morgan fingerprint density at radius 1 is 1.47 bits per heavy atom. The zero-order chi connectivity index (χ0) is 14.0. The molecule has 1 saturated carbocycles. The van der Waals surface area contributed by atoms with Gasteiger partial charge in [0.05, 0.1) is 4.90 Å². The summed E-state index contributed by atoms with van der Waals surface area (Å²) in [5, 5.41) is 5.15. The van der Waals surface area contributed by atoms with E-state index in [0.717, 1.165) is 11.4 Å². The molecule has 1 aromatic rings. The molecule has 0 aliphatic heterocycles. The third kappa shape index (κ3) is 4.02. The van der Waals surface area contributed by atoms with Gasteiger partial charge in [-0.05, 0) is 24.8 Å². The van der Waals surface area contributed by atoms with Gasteiger partial charge in [-0.25, -0.2) is 12.7 Å². The first kappa shape index (κ1) is 15.0. The molecule has 4 nitrogen and oxygen atoms in total. The number of thiophene rings is 1. The van der Waals surface area contributed by atoms with Crippen LogP contribution in [0.1, 0.15) is 31.6 Å². The minimum atomic E-state index is -3.32. The predicted molar refractivity (Wildman–Crippen MR) is 78.8 cm³/mol. The van der Waals surface area contributed by atoms with E-state index in [2.05, 4.69) is 5.32 Å². The smallest absolute Gasteiger partial charge is 0.243 e. The molecule has 1 fully saturated rings. The third-order valence-corrected chi connectivity index (χ3v) is 5.99. The molecule has 1 heterocycles. The second-order valence-electron chi connectivity index (χ2n) is 5.58. The van der Waals surface area contributed by atoms with Crippen LogP contribution < -0.4 is 5.32 Å². The van der Waals surface area contributed by atoms with Crippen molar-refractivity contribution in [2.24, 2.45) is 5.92 Å². The Hall–Kier alpha value is -0.430. The van der Waals surface area contributed by atoms with Gasteiger partial charge in [0, 0.05) is 36.4 Å². The fourth-order valence-corrected chi connectivity index (χ4v) is 4.46. The van der Waals surface area contributed by atoms with Crippen molar-refractivity contribution in [3.8, 4) is 0 Å². The summed E-state index contributed by atoms with van der Waals surface area (Å²) in [6.07, 6.45) is 2.49. The lowest BCUT2D eigenvalue weighted by Gasteiger charge is -2.18. The number of hydrogen-bond donors (Lipinski definition) is 1. The van der Waals surface area contributed by atoms with Crippen molar-refractivity contribution in [2.75, 3.05) is 13.6 Å². The van der Waals surface area contributed by atoms with E-state index >= 15 is 0 Å². The van der Waals surface area contributed by atoms with Crippen LogP contribution in [0.25, 0.3) is 0 Å². The van der Waals surface area contributed by atoms with Crippen LogP contribution in [0, 0.1) is 5.92 Å². The minimum Gasteiger partial charge on any atom is -0.309 e. The van der Waals surface area contributed by atoms with E-state index in [9.17, 15) is 8.42 Å². The van der Waals surface area contributed by atoms with Gasteiger partial charge in [-0.2, -0.15) is 0 Å². The molecule has 0 bridgehead atoms. The summed E-state index contributed by atoms with van der Waals surface area (Å²) in [7, 11) is -1.67. The van der Waals surface area contributed by atoms with E-state index < -0.39 is 10.0 Å². The van der Waals surface area contributed by atoms with Crippen LogP contribution in [-0.2, 0) is 16.6 Å². The SMILES string of the molecule is CC(C)CN(C)S(=O)(=O)c1csc(CNC2CC2)c1. The van der Waals surface area contributed by atoms with Crippen LogP contribution >= 0.6 is 11.3 Å². The highest BCUT2D eigenvalue weighted by atomic mass is 32.2. The van der Waals surface area contributed by atoms with E-state index in [1.807, 2.05) is 13.8 Å². The van der Waals surface area contributed by atoms with Crippen LogP contribution in [0.4, 0.5) is 0 Å². The molecule has 0 saturated heterocycles. The molecule has 108 valence electrons. The second-order valence-corrected chi connectivity index (χ2v) is 8.62. The maximum absolute atomic E-state index is 12.3. The zero-order valence-corrected chi connectivity index (χ0v) is 13.4. The molecule has 0 radical (unpaired) electrons.